The third-order valence-corrected chi connectivity index (χ3v) is 2.04. The van der Waals surface area contributed by atoms with Crippen molar-refractivity contribution < 1.29 is 0 Å². The van der Waals surface area contributed by atoms with Crippen LogP contribution >= 0.6 is 11.6 Å². The molecular formula is C9H11ClN2O2. The van der Waals surface area contributed by atoms with E-state index in [2.05, 4.69) is 11.6 Å². The van der Waals surface area contributed by atoms with Crippen molar-refractivity contribution in [1.29, 1.82) is 0 Å². The number of allylic oxidation sites excluding steroid dienone is 1. The summed E-state index contributed by atoms with van der Waals surface area (Å²) in [6.07, 6.45) is 4.75. The van der Waals surface area contributed by atoms with Crippen molar-refractivity contribution in [1.82, 2.24) is 9.55 Å². The molecule has 0 fully saturated rings. The topological polar surface area (TPSA) is 54.9 Å². The third kappa shape index (κ3) is 2.60. The van der Waals surface area contributed by atoms with Gasteiger partial charge in [0.1, 0.15) is 5.02 Å². The van der Waals surface area contributed by atoms with Crippen molar-refractivity contribution in [2.24, 2.45) is 0 Å². The lowest BCUT2D eigenvalue weighted by Crippen LogP contribution is -2.29. The van der Waals surface area contributed by atoms with Crippen LogP contribution in [0.5, 0.6) is 0 Å². The van der Waals surface area contributed by atoms with E-state index in [1.54, 1.807) is 6.08 Å². The molecular weight excluding hydrogens is 204 g/mol. The van der Waals surface area contributed by atoms with Crippen LogP contribution in [0.15, 0.2) is 28.4 Å². The van der Waals surface area contributed by atoms with Crippen LogP contribution in [0.25, 0.3) is 0 Å². The summed E-state index contributed by atoms with van der Waals surface area (Å²) in [5, 5.41) is 0.0307. The van der Waals surface area contributed by atoms with Crippen molar-refractivity contribution in [2.45, 2.75) is 19.4 Å². The number of hydrogen-bond donors (Lipinski definition) is 1. The summed E-state index contributed by atoms with van der Waals surface area (Å²) in [5.74, 6) is 0. The molecule has 0 amide bonds. The van der Waals surface area contributed by atoms with E-state index < -0.39 is 11.2 Å². The monoisotopic (exact) mass is 214 g/mol. The molecule has 0 radical (unpaired) electrons. The zero-order chi connectivity index (χ0) is 10.6. The first-order valence-corrected chi connectivity index (χ1v) is 4.63. The van der Waals surface area contributed by atoms with Crippen LogP contribution in [0.1, 0.15) is 12.8 Å². The first-order valence-electron chi connectivity index (χ1n) is 4.25. The van der Waals surface area contributed by atoms with Crippen LogP contribution in [0.4, 0.5) is 0 Å². The molecule has 0 aliphatic rings. The average molecular weight is 215 g/mol. The fourth-order valence-electron chi connectivity index (χ4n) is 1.05. The van der Waals surface area contributed by atoms with Gasteiger partial charge in [0, 0.05) is 12.7 Å². The molecule has 1 rings (SSSR count). The van der Waals surface area contributed by atoms with Crippen LogP contribution in [-0.4, -0.2) is 9.55 Å². The molecule has 76 valence electrons. The highest BCUT2D eigenvalue weighted by molar-refractivity contribution is 6.30. The Bertz CT molecular complexity index is 433. The van der Waals surface area contributed by atoms with Gasteiger partial charge in [0.15, 0.2) is 0 Å². The van der Waals surface area contributed by atoms with E-state index in [9.17, 15) is 9.59 Å². The fourth-order valence-corrected chi connectivity index (χ4v) is 1.22. The number of H-pyrrole nitrogens is 1. The van der Waals surface area contributed by atoms with Crippen molar-refractivity contribution in [3.63, 3.8) is 0 Å². The van der Waals surface area contributed by atoms with Crippen LogP contribution in [0.3, 0.4) is 0 Å². The predicted molar refractivity (Wildman–Crippen MR) is 55.8 cm³/mol. The summed E-state index contributed by atoms with van der Waals surface area (Å²) in [5.41, 5.74) is -0.972. The van der Waals surface area contributed by atoms with Gasteiger partial charge >= 0.3 is 5.69 Å². The SMILES string of the molecule is C=CCCCn1cc(Cl)c(=O)[nH]c1=O. The highest BCUT2D eigenvalue weighted by atomic mass is 35.5. The molecule has 0 bridgehead atoms. The summed E-state index contributed by atoms with van der Waals surface area (Å²) in [4.78, 5) is 24.2. The Morgan fingerprint density at radius 1 is 1.57 bits per heavy atom. The number of rotatable bonds is 4. The van der Waals surface area contributed by atoms with E-state index in [4.69, 9.17) is 11.6 Å². The van der Waals surface area contributed by atoms with Gasteiger partial charge in [0.25, 0.3) is 5.56 Å². The maximum absolute atomic E-state index is 11.2. The van der Waals surface area contributed by atoms with E-state index in [0.29, 0.717) is 6.54 Å². The first kappa shape index (κ1) is 10.8. The van der Waals surface area contributed by atoms with Gasteiger partial charge in [-0.25, -0.2) is 4.79 Å². The molecule has 1 N–H and O–H groups in total. The van der Waals surface area contributed by atoms with Gasteiger partial charge in [-0.2, -0.15) is 0 Å². The molecule has 0 atom stereocenters. The van der Waals surface area contributed by atoms with Crippen molar-refractivity contribution >= 4 is 11.6 Å². The first-order chi connectivity index (χ1) is 6.65. The number of hydrogen-bond acceptors (Lipinski definition) is 2. The second kappa shape index (κ2) is 4.81. The molecule has 1 heterocycles. The molecule has 0 spiro atoms. The van der Waals surface area contributed by atoms with E-state index >= 15 is 0 Å². The molecule has 0 aliphatic carbocycles. The average Bonchev–Trinajstić information content (AvgIpc) is 2.14. The van der Waals surface area contributed by atoms with Gasteiger partial charge in [-0.3, -0.25) is 14.3 Å². The van der Waals surface area contributed by atoms with E-state index in [-0.39, 0.29) is 5.02 Å². The Balaban J connectivity index is 2.87. The Kier molecular flexibility index (Phi) is 3.71. The van der Waals surface area contributed by atoms with Crippen LogP contribution in [0.2, 0.25) is 5.02 Å². The maximum atomic E-state index is 11.2. The van der Waals surface area contributed by atoms with Crippen LogP contribution in [-0.2, 0) is 6.54 Å². The molecule has 4 nitrogen and oxygen atoms in total. The molecule has 1 aromatic rings. The summed E-state index contributed by atoms with van der Waals surface area (Å²) in [6.45, 7) is 4.10. The predicted octanol–water partition coefficient (Wildman–Crippen LogP) is 1.16. The minimum Gasteiger partial charge on any atom is -0.299 e. The lowest BCUT2D eigenvalue weighted by atomic mass is 10.3. The number of aromatic nitrogens is 2. The number of unbranched alkanes of at least 4 members (excludes halogenated alkanes) is 1. The quantitative estimate of drug-likeness (QED) is 0.604. The molecule has 0 unspecified atom stereocenters. The minimum absolute atomic E-state index is 0.0307. The van der Waals surface area contributed by atoms with E-state index in [1.807, 2.05) is 0 Å². The second-order valence-corrected chi connectivity index (χ2v) is 3.27. The fraction of sp³-hybridized carbons (Fsp3) is 0.333. The number of aryl methyl sites for hydroxylation is 1. The second-order valence-electron chi connectivity index (χ2n) is 2.86. The summed E-state index contributed by atoms with van der Waals surface area (Å²) >= 11 is 5.57. The van der Waals surface area contributed by atoms with Gasteiger partial charge in [-0.15, -0.1) is 6.58 Å². The van der Waals surface area contributed by atoms with E-state index in [1.165, 1.54) is 10.8 Å². The highest BCUT2D eigenvalue weighted by Gasteiger charge is 2.00. The van der Waals surface area contributed by atoms with Gasteiger partial charge in [0.2, 0.25) is 0 Å². The number of nitrogens with zero attached hydrogens (tertiary/aromatic N) is 1. The van der Waals surface area contributed by atoms with Crippen molar-refractivity contribution in [2.75, 3.05) is 0 Å². The lowest BCUT2D eigenvalue weighted by molar-refractivity contribution is 0.611. The van der Waals surface area contributed by atoms with E-state index in [0.717, 1.165) is 12.8 Å². The summed E-state index contributed by atoms with van der Waals surface area (Å²) < 4.78 is 1.38. The lowest BCUT2D eigenvalue weighted by Gasteiger charge is -2.02. The number of nitrogens with one attached hydrogen (secondary N) is 1. The Morgan fingerprint density at radius 3 is 2.93 bits per heavy atom. The largest absolute Gasteiger partial charge is 0.328 e. The smallest absolute Gasteiger partial charge is 0.299 e. The third-order valence-electron chi connectivity index (χ3n) is 1.77. The van der Waals surface area contributed by atoms with Gasteiger partial charge in [-0.1, -0.05) is 17.7 Å². The highest BCUT2D eigenvalue weighted by Crippen LogP contribution is 1.98. The normalized spacial score (nSPS) is 10.1. The maximum Gasteiger partial charge on any atom is 0.328 e. The number of aromatic amines is 1. The van der Waals surface area contributed by atoms with Crippen molar-refractivity contribution in [3.8, 4) is 0 Å². The zero-order valence-corrected chi connectivity index (χ0v) is 8.38. The molecule has 0 saturated carbocycles. The molecule has 0 aliphatic heterocycles. The van der Waals surface area contributed by atoms with Gasteiger partial charge < -0.3 is 0 Å². The summed E-state index contributed by atoms with van der Waals surface area (Å²) in [6, 6.07) is 0. The Hall–Kier alpha value is -1.29. The molecule has 5 heteroatoms. The van der Waals surface area contributed by atoms with Gasteiger partial charge in [-0.05, 0) is 12.8 Å². The van der Waals surface area contributed by atoms with Crippen molar-refractivity contribution in [3.05, 3.63) is 44.7 Å². The minimum atomic E-state index is -0.545. The zero-order valence-electron chi connectivity index (χ0n) is 7.62. The molecule has 1 aromatic heterocycles. The van der Waals surface area contributed by atoms with Crippen LogP contribution in [0, 0.1) is 0 Å². The van der Waals surface area contributed by atoms with Gasteiger partial charge in [0.05, 0.1) is 0 Å². The molecule has 0 aromatic carbocycles. The Labute approximate surface area is 85.8 Å². The molecule has 0 saturated heterocycles. The standard InChI is InChI=1S/C9H11ClN2O2/c1-2-3-4-5-12-6-7(10)8(13)11-9(12)14/h2,6H,1,3-5H2,(H,11,13,14). The summed E-state index contributed by atoms with van der Waals surface area (Å²) in [7, 11) is 0. The Morgan fingerprint density at radius 2 is 2.29 bits per heavy atom. The van der Waals surface area contributed by atoms with Crippen LogP contribution < -0.4 is 11.2 Å². The molecule has 14 heavy (non-hydrogen) atoms. The number of halogens is 1.